The van der Waals surface area contributed by atoms with Crippen LogP contribution in [0.2, 0.25) is 0 Å². The number of guanidine groups is 1. The Morgan fingerprint density at radius 2 is 1.75 bits per heavy atom. The van der Waals surface area contributed by atoms with Crippen LogP contribution in [0.4, 0.5) is 13.2 Å². The van der Waals surface area contributed by atoms with Gasteiger partial charge in [-0.15, -0.1) is 24.0 Å². The summed E-state index contributed by atoms with van der Waals surface area (Å²) in [5, 5.41) is 6.21. The van der Waals surface area contributed by atoms with E-state index in [4.69, 9.17) is 4.74 Å². The molecule has 0 aliphatic carbocycles. The second-order valence-corrected chi connectivity index (χ2v) is 4.77. The predicted octanol–water partition coefficient (Wildman–Crippen LogP) is 2.69. The SMILES string of the molecule is CN=C(NCCOC)NCc1ccc(COCC(F)(F)F)cc1.I. The second kappa shape index (κ2) is 12.3. The number of ether oxygens (including phenoxy) is 2. The molecule has 0 saturated carbocycles. The summed E-state index contributed by atoms with van der Waals surface area (Å²) in [6, 6.07) is 7.16. The van der Waals surface area contributed by atoms with Crippen LogP contribution in [0.25, 0.3) is 0 Å². The van der Waals surface area contributed by atoms with Crippen LogP contribution in [0.1, 0.15) is 11.1 Å². The van der Waals surface area contributed by atoms with Crippen LogP contribution in [0.3, 0.4) is 0 Å². The molecule has 138 valence electrons. The maximum atomic E-state index is 12.0. The zero-order chi connectivity index (χ0) is 17.1. The first-order valence-electron chi connectivity index (χ1n) is 7.10. The quantitative estimate of drug-likeness (QED) is 0.271. The number of nitrogens with one attached hydrogen (secondary N) is 2. The lowest BCUT2D eigenvalue weighted by Crippen LogP contribution is -2.38. The van der Waals surface area contributed by atoms with E-state index in [0.29, 0.717) is 31.2 Å². The highest BCUT2D eigenvalue weighted by Gasteiger charge is 2.27. The summed E-state index contributed by atoms with van der Waals surface area (Å²) in [6.07, 6.45) is -4.30. The van der Waals surface area contributed by atoms with Gasteiger partial charge < -0.3 is 20.1 Å². The van der Waals surface area contributed by atoms with Gasteiger partial charge in [0.15, 0.2) is 5.96 Å². The van der Waals surface area contributed by atoms with Crippen LogP contribution < -0.4 is 10.6 Å². The fourth-order valence-corrected chi connectivity index (χ4v) is 1.72. The van der Waals surface area contributed by atoms with E-state index in [1.54, 1.807) is 26.3 Å². The van der Waals surface area contributed by atoms with Crippen LogP contribution in [0.5, 0.6) is 0 Å². The van der Waals surface area contributed by atoms with Gasteiger partial charge in [0.05, 0.1) is 13.2 Å². The Hall–Kier alpha value is -1.07. The molecule has 0 aromatic heterocycles. The first-order valence-corrected chi connectivity index (χ1v) is 7.10. The highest BCUT2D eigenvalue weighted by Crippen LogP contribution is 2.15. The molecule has 0 bridgehead atoms. The highest BCUT2D eigenvalue weighted by molar-refractivity contribution is 14.0. The number of nitrogens with zero attached hydrogens (tertiary/aromatic N) is 1. The van der Waals surface area contributed by atoms with Crippen molar-refractivity contribution in [1.82, 2.24) is 10.6 Å². The lowest BCUT2D eigenvalue weighted by Gasteiger charge is -2.12. The van der Waals surface area contributed by atoms with Gasteiger partial charge in [0.1, 0.15) is 6.61 Å². The molecule has 0 aliphatic heterocycles. The molecule has 0 fully saturated rings. The largest absolute Gasteiger partial charge is 0.411 e. The van der Waals surface area contributed by atoms with Crippen LogP contribution in [-0.4, -0.2) is 46.1 Å². The molecule has 2 N–H and O–H groups in total. The van der Waals surface area contributed by atoms with Crippen LogP contribution in [0.15, 0.2) is 29.3 Å². The van der Waals surface area contributed by atoms with Crippen molar-refractivity contribution in [2.24, 2.45) is 4.99 Å². The number of aliphatic imine (C=N–C) groups is 1. The standard InChI is InChI=1S/C15H22F3N3O2.HI/c1-19-14(20-7-8-22-2)21-9-12-3-5-13(6-4-12)10-23-11-15(16,17)18;/h3-6H,7-11H2,1-2H3,(H2,19,20,21);1H. The average molecular weight is 461 g/mol. The zero-order valence-electron chi connectivity index (χ0n) is 13.7. The molecule has 0 atom stereocenters. The number of methoxy groups -OCH3 is 1. The van der Waals surface area contributed by atoms with Crippen molar-refractivity contribution in [3.63, 3.8) is 0 Å². The number of alkyl halides is 3. The minimum absolute atomic E-state index is 0. The minimum atomic E-state index is -4.30. The van der Waals surface area contributed by atoms with Gasteiger partial charge in [0, 0.05) is 27.2 Å². The lowest BCUT2D eigenvalue weighted by molar-refractivity contribution is -0.176. The molecular formula is C15H23F3IN3O2. The summed E-state index contributed by atoms with van der Waals surface area (Å²) in [4.78, 5) is 4.07. The normalized spacial score (nSPS) is 11.8. The molecule has 0 heterocycles. The van der Waals surface area contributed by atoms with Crippen molar-refractivity contribution < 1.29 is 22.6 Å². The van der Waals surface area contributed by atoms with E-state index in [1.165, 1.54) is 0 Å². The van der Waals surface area contributed by atoms with E-state index in [0.717, 1.165) is 5.56 Å². The number of benzene rings is 1. The molecule has 1 aromatic rings. The predicted molar refractivity (Wildman–Crippen MR) is 97.6 cm³/mol. The Bertz CT molecular complexity index is 482. The maximum Gasteiger partial charge on any atom is 0.411 e. The highest BCUT2D eigenvalue weighted by atomic mass is 127. The summed E-state index contributed by atoms with van der Waals surface area (Å²) in [5.41, 5.74) is 1.68. The molecule has 1 rings (SSSR count). The Balaban J connectivity index is 0.00000529. The third-order valence-electron chi connectivity index (χ3n) is 2.84. The summed E-state index contributed by atoms with van der Waals surface area (Å²) < 4.78 is 45.5. The van der Waals surface area contributed by atoms with Crippen molar-refractivity contribution in [2.75, 3.05) is 33.9 Å². The molecule has 0 amide bonds. The van der Waals surface area contributed by atoms with Gasteiger partial charge in [-0.25, -0.2) is 0 Å². The third-order valence-corrected chi connectivity index (χ3v) is 2.84. The number of hydrogen-bond donors (Lipinski definition) is 2. The molecule has 0 aliphatic rings. The summed E-state index contributed by atoms with van der Waals surface area (Å²) in [6.45, 7) is 0.475. The summed E-state index contributed by atoms with van der Waals surface area (Å²) in [7, 11) is 3.29. The molecule has 0 unspecified atom stereocenters. The first kappa shape index (κ1) is 22.9. The van der Waals surface area contributed by atoms with Crippen molar-refractivity contribution in [2.45, 2.75) is 19.3 Å². The molecule has 0 spiro atoms. The van der Waals surface area contributed by atoms with E-state index in [9.17, 15) is 13.2 Å². The van der Waals surface area contributed by atoms with E-state index in [-0.39, 0.29) is 30.6 Å². The van der Waals surface area contributed by atoms with Gasteiger partial charge >= 0.3 is 6.18 Å². The molecular weight excluding hydrogens is 438 g/mol. The maximum absolute atomic E-state index is 12.0. The topological polar surface area (TPSA) is 54.9 Å². The number of hydrogen-bond acceptors (Lipinski definition) is 3. The summed E-state index contributed by atoms with van der Waals surface area (Å²) in [5.74, 6) is 0.652. The molecule has 0 radical (unpaired) electrons. The number of rotatable bonds is 8. The second-order valence-electron chi connectivity index (χ2n) is 4.77. The Labute approximate surface area is 157 Å². The molecule has 5 nitrogen and oxygen atoms in total. The molecule has 1 aromatic carbocycles. The third kappa shape index (κ3) is 10.7. The van der Waals surface area contributed by atoms with Crippen molar-refractivity contribution in [3.8, 4) is 0 Å². The van der Waals surface area contributed by atoms with Crippen molar-refractivity contribution in [3.05, 3.63) is 35.4 Å². The average Bonchev–Trinajstić information content (AvgIpc) is 2.51. The van der Waals surface area contributed by atoms with E-state index in [1.807, 2.05) is 12.1 Å². The van der Waals surface area contributed by atoms with Gasteiger partial charge in [0.25, 0.3) is 0 Å². The van der Waals surface area contributed by atoms with Gasteiger partial charge in [-0.1, -0.05) is 24.3 Å². The van der Waals surface area contributed by atoms with E-state index >= 15 is 0 Å². The van der Waals surface area contributed by atoms with Gasteiger partial charge in [-0.05, 0) is 11.1 Å². The number of halogens is 4. The van der Waals surface area contributed by atoms with Crippen LogP contribution >= 0.6 is 24.0 Å². The van der Waals surface area contributed by atoms with Crippen LogP contribution in [-0.2, 0) is 22.6 Å². The van der Waals surface area contributed by atoms with E-state index < -0.39 is 12.8 Å². The van der Waals surface area contributed by atoms with Gasteiger partial charge in [0.2, 0.25) is 0 Å². The van der Waals surface area contributed by atoms with E-state index in [2.05, 4.69) is 20.4 Å². The molecule has 9 heteroatoms. The lowest BCUT2D eigenvalue weighted by atomic mass is 10.1. The Morgan fingerprint density at radius 3 is 2.29 bits per heavy atom. The molecule has 0 saturated heterocycles. The fourth-order valence-electron chi connectivity index (χ4n) is 1.72. The Morgan fingerprint density at radius 1 is 1.12 bits per heavy atom. The Kier molecular flexibility index (Phi) is 11.8. The smallest absolute Gasteiger partial charge is 0.383 e. The van der Waals surface area contributed by atoms with Crippen molar-refractivity contribution >= 4 is 29.9 Å². The first-order chi connectivity index (χ1) is 10.9. The molecule has 24 heavy (non-hydrogen) atoms. The fraction of sp³-hybridized carbons (Fsp3) is 0.533. The van der Waals surface area contributed by atoms with Gasteiger partial charge in [-0.2, -0.15) is 13.2 Å². The summed E-state index contributed by atoms with van der Waals surface area (Å²) >= 11 is 0. The van der Waals surface area contributed by atoms with Crippen LogP contribution in [0, 0.1) is 0 Å². The van der Waals surface area contributed by atoms with Gasteiger partial charge in [-0.3, -0.25) is 4.99 Å². The van der Waals surface area contributed by atoms with Crippen molar-refractivity contribution in [1.29, 1.82) is 0 Å². The zero-order valence-corrected chi connectivity index (χ0v) is 16.0. The minimum Gasteiger partial charge on any atom is -0.383 e. The monoisotopic (exact) mass is 461 g/mol.